The number of ether oxygens (including phenoxy) is 4. The zero-order valence-electron chi connectivity index (χ0n) is 16.5. The third-order valence-corrected chi connectivity index (χ3v) is 5.01. The maximum atomic E-state index is 13.7. The van der Waals surface area contributed by atoms with Crippen molar-refractivity contribution in [1.82, 2.24) is 9.55 Å². The molecule has 166 valence electrons. The normalized spacial score (nSPS) is 23.7. The first-order valence-corrected chi connectivity index (χ1v) is 9.59. The van der Waals surface area contributed by atoms with Crippen molar-refractivity contribution in [2.45, 2.75) is 56.6 Å². The van der Waals surface area contributed by atoms with E-state index in [0.717, 1.165) is 18.4 Å². The summed E-state index contributed by atoms with van der Waals surface area (Å²) in [5, 5.41) is 0. The predicted molar refractivity (Wildman–Crippen MR) is 100 cm³/mol. The average Bonchev–Trinajstić information content (AvgIpc) is 2.90. The van der Waals surface area contributed by atoms with Crippen LogP contribution in [-0.2, 0) is 33.3 Å². The summed E-state index contributed by atoms with van der Waals surface area (Å²) in [6.07, 6.45) is -2.62. The maximum Gasteiger partial charge on any atom is 0.350 e. The number of nitrogens with zero attached hydrogens (tertiary/aromatic N) is 1. The zero-order chi connectivity index (χ0) is 22.8. The summed E-state index contributed by atoms with van der Waals surface area (Å²) in [6.45, 7) is 4.50. The van der Waals surface area contributed by atoms with Gasteiger partial charge in [0.2, 0.25) is 11.4 Å². The Bertz CT molecular complexity index is 957. The topological polar surface area (TPSA) is 143 Å². The highest BCUT2D eigenvalue weighted by molar-refractivity contribution is 9.09. The molecule has 2 rings (SSSR count). The molecule has 1 saturated heterocycles. The number of aromatic amines is 1. The van der Waals surface area contributed by atoms with E-state index in [2.05, 4.69) is 15.9 Å². The Hall–Kier alpha value is -2.54. The minimum absolute atomic E-state index is 0.430. The fourth-order valence-corrected chi connectivity index (χ4v) is 3.59. The van der Waals surface area contributed by atoms with Crippen LogP contribution < -0.4 is 11.2 Å². The van der Waals surface area contributed by atoms with Gasteiger partial charge in [0.15, 0.2) is 6.23 Å². The van der Waals surface area contributed by atoms with E-state index in [1.807, 2.05) is 0 Å². The van der Waals surface area contributed by atoms with Crippen LogP contribution in [0.1, 0.15) is 33.9 Å². The molecule has 1 aromatic heterocycles. The van der Waals surface area contributed by atoms with E-state index >= 15 is 0 Å². The second kappa shape index (κ2) is 9.08. The number of halogens is 2. The fourth-order valence-electron chi connectivity index (χ4n) is 2.77. The lowest BCUT2D eigenvalue weighted by Crippen LogP contribution is -2.41. The maximum absolute atomic E-state index is 13.7. The minimum atomic E-state index is -1.58. The van der Waals surface area contributed by atoms with Crippen LogP contribution in [0.5, 0.6) is 0 Å². The largest absolute Gasteiger partial charge is 0.460 e. The fraction of sp³-hybridized carbons (Fsp3) is 0.588. The van der Waals surface area contributed by atoms with Gasteiger partial charge in [-0.3, -0.25) is 23.9 Å². The van der Waals surface area contributed by atoms with Crippen molar-refractivity contribution < 1.29 is 37.7 Å². The summed E-state index contributed by atoms with van der Waals surface area (Å²) in [6, 6.07) is 0. The van der Waals surface area contributed by atoms with E-state index in [4.69, 9.17) is 18.9 Å². The molecule has 1 aliphatic heterocycles. The van der Waals surface area contributed by atoms with Gasteiger partial charge < -0.3 is 18.9 Å². The van der Waals surface area contributed by atoms with Gasteiger partial charge in [0.1, 0.15) is 18.8 Å². The molecule has 0 aromatic carbocycles. The Morgan fingerprint density at radius 3 is 2.47 bits per heavy atom. The number of esters is 3. The van der Waals surface area contributed by atoms with Crippen LogP contribution in [0.25, 0.3) is 0 Å². The molecule has 13 heteroatoms. The van der Waals surface area contributed by atoms with Gasteiger partial charge in [-0.2, -0.15) is 4.39 Å². The van der Waals surface area contributed by atoms with Crippen molar-refractivity contribution in [3.8, 4) is 0 Å². The number of hydrogen-bond donors (Lipinski definition) is 1. The molecule has 4 unspecified atom stereocenters. The number of hydrogen-bond acceptors (Lipinski definition) is 9. The van der Waals surface area contributed by atoms with Crippen molar-refractivity contribution in [2.75, 3.05) is 6.61 Å². The van der Waals surface area contributed by atoms with Crippen molar-refractivity contribution in [2.24, 2.45) is 0 Å². The first-order chi connectivity index (χ1) is 13.8. The lowest BCUT2D eigenvalue weighted by atomic mass is 10.1. The average molecular weight is 495 g/mol. The Kier molecular flexibility index (Phi) is 7.18. The van der Waals surface area contributed by atoms with Crippen LogP contribution in [-0.4, -0.2) is 56.7 Å². The van der Waals surface area contributed by atoms with Crippen molar-refractivity contribution >= 4 is 33.8 Å². The molecule has 0 spiro atoms. The van der Waals surface area contributed by atoms with E-state index in [1.165, 1.54) is 13.8 Å². The first-order valence-electron chi connectivity index (χ1n) is 8.68. The van der Waals surface area contributed by atoms with Gasteiger partial charge >= 0.3 is 23.6 Å². The molecule has 0 aliphatic carbocycles. The number of nitrogens with one attached hydrogen (secondary N) is 1. The Morgan fingerprint density at radius 1 is 1.27 bits per heavy atom. The van der Waals surface area contributed by atoms with Gasteiger partial charge in [-0.1, -0.05) is 15.9 Å². The van der Waals surface area contributed by atoms with Crippen LogP contribution in [0.2, 0.25) is 0 Å². The molecule has 1 aromatic rings. The molecule has 2 heterocycles. The summed E-state index contributed by atoms with van der Waals surface area (Å²) in [4.78, 5) is 59.1. The van der Waals surface area contributed by atoms with Crippen LogP contribution in [0.3, 0.4) is 0 Å². The summed E-state index contributed by atoms with van der Waals surface area (Å²) in [7, 11) is 0. The van der Waals surface area contributed by atoms with E-state index in [-0.39, 0.29) is 0 Å². The molecule has 4 atom stereocenters. The lowest BCUT2D eigenvalue weighted by molar-refractivity contribution is -0.181. The van der Waals surface area contributed by atoms with Gasteiger partial charge in [0.25, 0.3) is 5.56 Å². The lowest BCUT2D eigenvalue weighted by Gasteiger charge is -2.24. The second-order valence-electron chi connectivity index (χ2n) is 6.93. The van der Waals surface area contributed by atoms with E-state index in [9.17, 15) is 28.4 Å². The number of H-pyrrole nitrogens is 1. The molecule has 0 amide bonds. The molecule has 11 nitrogen and oxygen atoms in total. The predicted octanol–water partition coefficient (Wildman–Crippen LogP) is 0.153. The van der Waals surface area contributed by atoms with Gasteiger partial charge in [-0.05, 0) is 13.8 Å². The number of alkyl halides is 1. The molecule has 0 radical (unpaired) electrons. The SMILES string of the molecule is CC(=O)OC1C(COC(=O)C(C)(C)OC(C)=O)OC(n2cc(F)c(=O)[nH]c2=O)C1Br. The Labute approximate surface area is 177 Å². The summed E-state index contributed by atoms with van der Waals surface area (Å²) >= 11 is 3.25. The van der Waals surface area contributed by atoms with Crippen LogP contribution in [0.15, 0.2) is 15.8 Å². The van der Waals surface area contributed by atoms with Crippen molar-refractivity contribution in [1.29, 1.82) is 0 Å². The number of aromatic nitrogens is 2. The van der Waals surface area contributed by atoms with Crippen molar-refractivity contribution in [3.05, 3.63) is 32.9 Å². The van der Waals surface area contributed by atoms with Gasteiger partial charge in [0, 0.05) is 13.8 Å². The highest BCUT2D eigenvalue weighted by Crippen LogP contribution is 2.36. The quantitative estimate of drug-likeness (QED) is 0.332. The number of carbonyl (C=O) groups excluding carboxylic acids is 3. The minimum Gasteiger partial charge on any atom is -0.460 e. The second-order valence-corrected chi connectivity index (χ2v) is 7.99. The molecule has 0 saturated carbocycles. The third kappa shape index (κ3) is 5.33. The molecule has 30 heavy (non-hydrogen) atoms. The summed E-state index contributed by atoms with van der Waals surface area (Å²) in [5.41, 5.74) is -3.73. The molecule has 1 fully saturated rings. The zero-order valence-corrected chi connectivity index (χ0v) is 18.1. The highest BCUT2D eigenvalue weighted by atomic mass is 79.9. The summed E-state index contributed by atoms with van der Waals surface area (Å²) in [5.74, 6) is -3.47. The van der Waals surface area contributed by atoms with Crippen LogP contribution >= 0.6 is 15.9 Å². The van der Waals surface area contributed by atoms with Gasteiger partial charge in [0.05, 0.1) is 11.0 Å². The molecule has 0 bridgehead atoms. The monoisotopic (exact) mass is 494 g/mol. The molecule has 1 aliphatic rings. The van der Waals surface area contributed by atoms with Gasteiger partial charge in [-0.15, -0.1) is 0 Å². The van der Waals surface area contributed by atoms with Crippen LogP contribution in [0, 0.1) is 5.82 Å². The Morgan fingerprint density at radius 2 is 1.90 bits per heavy atom. The highest BCUT2D eigenvalue weighted by Gasteiger charge is 2.48. The molecular weight excluding hydrogens is 475 g/mol. The first kappa shape index (κ1) is 23.7. The van der Waals surface area contributed by atoms with E-state index in [1.54, 1.807) is 4.98 Å². The third-order valence-electron chi connectivity index (χ3n) is 4.04. The van der Waals surface area contributed by atoms with Crippen molar-refractivity contribution in [3.63, 3.8) is 0 Å². The molecular formula is C17H20BrFN2O9. The number of carbonyl (C=O) groups is 3. The standard InChI is InChI=1S/C17H20BrFN2O9/c1-7(22)28-12-10(6-27-15(25)17(3,4)30-8(2)23)29-14(11(12)18)21-5-9(19)13(24)20-16(21)26/h5,10-12,14H,6H2,1-4H3,(H,20,24,26). The van der Waals surface area contributed by atoms with E-state index in [0.29, 0.717) is 6.20 Å². The summed E-state index contributed by atoms with van der Waals surface area (Å²) < 4.78 is 35.3. The van der Waals surface area contributed by atoms with E-state index < -0.39 is 70.4 Å². The van der Waals surface area contributed by atoms with Crippen LogP contribution in [0.4, 0.5) is 4.39 Å². The Balaban J connectivity index is 2.24. The smallest absolute Gasteiger partial charge is 0.350 e. The number of rotatable bonds is 6. The van der Waals surface area contributed by atoms with Gasteiger partial charge in [-0.25, -0.2) is 9.59 Å². The molecule has 1 N–H and O–H groups in total.